The van der Waals surface area contributed by atoms with Crippen LogP contribution >= 0.6 is 11.6 Å². The highest BCUT2D eigenvalue weighted by Gasteiger charge is 2.15. The van der Waals surface area contributed by atoms with Gasteiger partial charge in [0, 0.05) is 42.1 Å². The Morgan fingerprint density at radius 1 is 1.17 bits per heavy atom. The Balaban J connectivity index is 2.53. The molecule has 0 radical (unpaired) electrons. The van der Waals surface area contributed by atoms with Gasteiger partial charge in [0.05, 0.1) is 0 Å². The maximum Gasteiger partial charge on any atom is 0.246 e. The zero-order valence-corrected chi connectivity index (χ0v) is 14.5. The van der Waals surface area contributed by atoms with Gasteiger partial charge in [-0.15, -0.1) is 0 Å². The number of halogens is 1. The number of carbonyl (C=O) groups is 2. The molecule has 23 heavy (non-hydrogen) atoms. The molecule has 5 heteroatoms. The number of ketones is 1. The number of nitrogens with zero attached hydrogens (tertiary/aromatic N) is 1. The van der Waals surface area contributed by atoms with Gasteiger partial charge in [0.25, 0.3) is 0 Å². The molecule has 122 valence electrons. The zero-order chi connectivity index (χ0) is 17.1. The lowest BCUT2D eigenvalue weighted by atomic mass is 10.0. The fourth-order valence-corrected chi connectivity index (χ4v) is 2.70. The topological polar surface area (TPSA) is 50.5 Å². The molecule has 1 aromatic heterocycles. The van der Waals surface area contributed by atoms with Gasteiger partial charge in [-0.1, -0.05) is 11.6 Å². The van der Waals surface area contributed by atoms with Crippen LogP contribution in [0, 0.1) is 0 Å². The molecule has 1 amide bonds. The molecule has 0 aliphatic heterocycles. The lowest BCUT2D eigenvalue weighted by Gasteiger charge is -2.16. The average Bonchev–Trinajstić information content (AvgIpc) is 2.91. The van der Waals surface area contributed by atoms with Crippen molar-refractivity contribution < 1.29 is 14.0 Å². The fraction of sp³-hybridized carbons (Fsp3) is 0.333. The van der Waals surface area contributed by atoms with E-state index in [-0.39, 0.29) is 17.5 Å². The summed E-state index contributed by atoms with van der Waals surface area (Å²) in [5.74, 6) is 0.0782. The first-order valence-corrected chi connectivity index (χ1v) is 7.96. The van der Waals surface area contributed by atoms with Crippen molar-refractivity contribution in [3.05, 3.63) is 40.6 Å². The number of benzene rings is 1. The molecule has 0 aliphatic rings. The van der Waals surface area contributed by atoms with Crippen molar-refractivity contribution in [2.24, 2.45) is 0 Å². The third-order valence-corrected chi connectivity index (χ3v) is 3.99. The highest BCUT2D eigenvalue weighted by Crippen LogP contribution is 2.31. The molecular formula is C18H20ClNO3. The SMILES string of the molecule is CCN(CC)C(=O)C=C(C)c1cc(Cl)cc2cc(C(C)=O)oc12. The highest BCUT2D eigenvalue weighted by atomic mass is 35.5. The molecule has 0 saturated carbocycles. The summed E-state index contributed by atoms with van der Waals surface area (Å²) in [6.07, 6.45) is 1.58. The smallest absolute Gasteiger partial charge is 0.246 e. The number of rotatable bonds is 5. The van der Waals surface area contributed by atoms with Crippen LogP contribution in [0.3, 0.4) is 0 Å². The Kier molecular flexibility index (Phi) is 5.26. The van der Waals surface area contributed by atoms with Crippen molar-refractivity contribution >= 4 is 39.8 Å². The first-order valence-electron chi connectivity index (χ1n) is 7.59. The van der Waals surface area contributed by atoms with E-state index in [1.54, 1.807) is 29.2 Å². The van der Waals surface area contributed by atoms with Crippen molar-refractivity contribution in [2.75, 3.05) is 13.1 Å². The lowest BCUT2D eigenvalue weighted by molar-refractivity contribution is -0.125. The standard InChI is InChI=1S/C18H20ClNO3/c1-5-20(6-2)17(22)7-11(3)15-10-14(19)8-13-9-16(12(4)21)23-18(13)15/h7-10H,5-6H2,1-4H3. The van der Waals surface area contributed by atoms with E-state index in [1.165, 1.54) is 6.92 Å². The first-order chi connectivity index (χ1) is 10.9. The molecule has 2 aromatic rings. The van der Waals surface area contributed by atoms with Gasteiger partial charge in [-0.05, 0) is 44.5 Å². The average molecular weight is 334 g/mol. The molecule has 1 aromatic carbocycles. The van der Waals surface area contributed by atoms with Crippen molar-refractivity contribution in [3.63, 3.8) is 0 Å². The molecule has 0 spiro atoms. The summed E-state index contributed by atoms with van der Waals surface area (Å²) >= 11 is 6.16. The van der Waals surface area contributed by atoms with E-state index in [0.717, 1.165) is 16.5 Å². The quantitative estimate of drug-likeness (QED) is 0.595. The van der Waals surface area contributed by atoms with Crippen molar-refractivity contribution in [3.8, 4) is 0 Å². The Bertz CT molecular complexity index is 785. The normalized spacial score (nSPS) is 11.8. The van der Waals surface area contributed by atoms with Crippen LogP contribution in [0.25, 0.3) is 16.5 Å². The van der Waals surface area contributed by atoms with Crippen LogP contribution in [-0.4, -0.2) is 29.7 Å². The van der Waals surface area contributed by atoms with Gasteiger partial charge >= 0.3 is 0 Å². The Hall–Kier alpha value is -2.07. The number of furan rings is 1. The van der Waals surface area contributed by atoms with Gasteiger partial charge in [-0.3, -0.25) is 9.59 Å². The van der Waals surface area contributed by atoms with Gasteiger partial charge in [0.15, 0.2) is 11.5 Å². The van der Waals surface area contributed by atoms with Crippen LogP contribution in [0.4, 0.5) is 0 Å². The molecule has 0 saturated heterocycles. The minimum absolute atomic E-state index is 0.0565. The molecule has 0 unspecified atom stereocenters. The predicted molar refractivity (Wildman–Crippen MR) is 92.8 cm³/mol. The van der Waals surface area contributed by atoms with Crippen LogP contribution < -0.4 is 0 Å². The second kappa shape index (κ2) is 7.01. The first kappa shape index (κ1) is 17.3. The summed E-state index contributed by atoms with van der Waals surface area (Å²) in [7, 11) is 0. The van der Waals surface area contributed by atoms with Crippen LogP contribution in [0.1, 0.15) is 43.8 Å². The summed E-state index contributed by atoms with van der Waals surface area (Å²) in [6.45, 7) is 8.47. The molecule has 4 nitrogen and oxygen atoms in total. The second-order valence-electron chi connectivity index (χ2n) is 5.38. The number of hydrogen-bond acceptors (Lipinski definition) is 3. The number of allylic oxidation sites excluding steroid dienone is 1. The summed E-state index contributed by atoms with van der Waals surface area (Å²) in [5.41, 5.74) is 2.04. The Morgan fingerprint density at radius 2 is 1.83 bits per heavy atom. The molecular weight excluding hydrogens is 314 g/mol. The molecule has 0 N–H and O–H groups in total. The highest BCUT2D eigenvalue weighted by molar-refractivity contribution is 6.31. The van der Waals surface area contributed by atoms with Crippen LogP contribution in [0.2, 0.25) is 5.02 Å². The van der Waals surface area contributed by atoms with Crippen LogP contribution in [-0.2, 0) is 4.79 Å². The molecule has 1 heterocycles. The van der Waals surface area contributed by atoms with Crippen molar-refractivity contribution in [2.45, 2.75) is 27.7 Å². The molecule has 2 rings (SSSR count). The number of likely N-dealkylation sites (N-methyl/N-ethyl adjacent to an activating group) is 1. The van der Waals surface area contributed by atoms with E-state index in [4.69, 9.17) is 16.0 Å². The van der Waals surface area contributed by atoms with Gasteiger partial charge in [0.2, 0.25) is 5.91 Å². The molecule has 0 fully saturated rings. The van der Waals surface area contributed by atoms with E-state index >= 15 is 0 Å². The maximum atomic E-state index is 12.3. The van der Waals surface area contributed by atoms with E-state index in [9.17, 15) is 9.59 Å². The second-order valence-corrected chi connectivity index (χ2v) is 5.81. The maximum absolute atomic E-state index is 12.3. The van der Waals surface area contributed by atoms with Crippen LogP contribution in [0.15, 0.2) is 28.7 Å². The van der Waals surface area contributed by atoms with E-state index < -0.39 is 0 Å². The Morgan fingerprint density at radius 3 is 2.39 bits per heavy atom. The largest absolute Gasteiger partial charge is 0.452 e. The summed E-state index contributed by atoms with van der Waals surface area (Å²) < 4.78 is 5.66. The third kappa shape index (κ3) is 3.64. The monoisotopic (exact) mass is 333 g/mol. The minimum atomic E-state index is -0.149. The number of Topliss-reactive ketones (excluding diaryl/α,β-unsaturated/α-hetero) is 1. The summed E-state index contributed by atoms with van der Waals surface area (Å²) in [6, 6.07) is 5.17. The van der Waals surface area contributed by atoms with Crippen molar-refractivity contribution in [1.29, 1.82) is 0 Å². The van der Waals surface area contributed by atoms with Gasteiger partial charge in [0.1, 0.15) is 5.58 Å². The van der Waals surface area contributed by atoms with Crippen LogP contribution in [0.5, 0.6) is 0 Å². The van der Waals surface area contributed by atoms with Gasteiger partial charge in [-0.2, -0.15) is 0 Å². The fourth-order valence-electron chi connectivity index (χ4n) is 2.47. The third-order valence-electron chi connectivity index (χ3n) is 3.77. The van der Waals surface area contributed by atoms with Crippen molar-refractivity contribution in [1.82, 2.24) is 4.90 Å². The number of hydrogen-bond donors (Lipinski definition) is 0. The van der Waals surface area contributed by atoms with Gasteiger partial charge < -0.3 is 9.32 Å². The molecule has 0 atom stereocenters. The molecule has 0 bridgehead atoms. The summed E-state index contributed by atoms with van der Waals surface area (Å²) in [5, 5.41) is 1.28. The lowest BCUT2D eigenvalue weighted by Crippen LogP contribution is -2.28. The van der Waals surface area contributed by atoms with E-state index in [0.29, 0.717) is 23.7 Å². The van der Waals surface area contributed by atoms with Gasteiger partial charge in [-0.25, -0.2) is 0 Å². The summed E-state index contributed by atoms with van der Waals surface area (Å²) in [4.78, 5) is 25.5. The van der Waals surface area contributed by atoms with E-state index in [2.05, 4.69) is 0 Å². The minimum Gasteiger partial charge on any atom is -0.452 e. The van der Waals surface area contributed by atoms with E-state index in [1.807, 2.05) is 20.8 Å². The molecule has 0 aliphatic carbocycles. The number of fused-ring (bicyclic) bond motifs is 1. The number of amides is 1. The Labute approximate surface area is 140 Å². The zero-order valence-electron chi connectivity index (χ0n) is 13.8. The number of carbonyl (C=O) groups excluding carboxylic acids is 2. The predicted octanol–water partition coefficient (Wildman–Crippen LogP) is 4.56.